The molecular weight excluding hydrogens is 394 g/mol. The number of sulfone groups is 1. The number of benzene rings is 2. The molecular formula is C21H16ClN3O2S. The van der Waals surface area contributed by atoms with Gasteiger partial charge in [-0.05, 0) is 54.6 Å². The summed E-state index contributed by atoms with van der Waals surface area (Å²) in [7, 11) is -3.26. The Hall–Kier alpha value is -2.96. The lowest BCUT2D eigenvalue weighted by atomic mass is 10.1. The fourth-order valence-corrected chi connectivity index (χ4v) is 3.65. The Labute approximate surface area is 168 Å². The maximum atomic E-state index is 11.7. The van der Waals surface area contributed by atoms with E-state index in [9.17, 15) is 8.42 Å². The van der Waals surface area contributed by atoms with Crippen LogP contribution in [-0.2, 0) is 9.84 Å². The summed E-state index contributed by atoms with van der Waals surface area (Å²) >= 11 is 6.00. The molecule has 0 aliphatic carbocycles. The second-order valence-electron chi connectivity index (χ2n) is 6.34. The molecule has 5 nitrogen and oxygen atoms in total. The van der Waals surface area contributed by atoms with Gasteiger partial charge in [-0.2, -0.15) is 5.10 Å². The molecule has 140 valence electrons. The van der Waals surface area contributed by atoms with Gasteiger partial charge in [0.25, 0.3) is 0 Å². The molecule has 28 heavy (non-hydrogen) atoms. The van der Waals surface area contributed by atoms with Crippen molar-refractivity contribution in [1.29, 1.82) is 0 Å². The van der Waals surface area contributed by atoms with Gasteiger partial charge in [-0.15, -0.1) is 0 Å². The van der Waals surface area contributed by atoms with Gasteiger partial charge < -0.3 is 0 Å². The number of rotatable bonds is 4. The summed E-state index contributed by atoms with van der Waals surface area (Å²) in [6.07, 6.45) is 4.67. The summed E-state index contributed by atoms with van der Waals surface area (Å²) in [5.41, 5.74) is 4.22. The highest BCUT2D eigenvalue weighted by molar-refractivity contribution is 7.90. The van der Waals surface area contributed by atoms with Crippen molar-refractivity contribution in [2.45, 2.75) is 4.90 Å². The Balaban J connectivity index is 1.86. The molecule has 0 aliphatic rings. The van der Waals surface area contributed by atoms with E-state index in [1.807, 2.05) is 42.5 Å². The van der Waals surface area contributed by atoms with Gasteiger partial charge in [-0.3, -0.25) is 4.98 Å². The Kier molecular flexibility index (Phi) is 4.75. The van der Waals surface area contributed by atoms with Crippen LogP contribution < -0.4 is 0 Å². The summed E-state index contributed by atoms with van der Waals surface area (Å²) in [5, 5.41) is 5.40. The summed E-state index contributed by atoms with van der Waals surface area (Å²) in [6, 6.07) is 19.9. The fraction of sp³-hybridized carbons (Fsp3) is 0.0476. The molecule has 0 aliphatic heterocycles. The van der Waals surface area contributed by atoms with Crippen molar-refractivity contribution >= 4 is 21.4 Å². The average Bonchev–Trinajstić information content (AvgIpc) is 3.14. The first kappa shape index (κ1) is 18.4. The van der Waals surface area contributed by atoms with Crippen LogP contribution in [0.15, 0.2) is 84.0 Å². The van der Waals surface area contributed by atoms with Crippen LogP contribution >= 0.6 is 11.6 Å². The third-order valence-corrected chi connectivity index (χ3v) is 5.70. The molecule has 2 aromatic carbocycles. The number of nitrogens with zero attached hydrogens (tertiary/aromatic N) is 3. The molecule has 0 atom stereocenters. The van der Waals surface area contributed by atoms with E-state index < -0.39 is 9.84 Å². The normalized spacial score (nSPS) is 11.5. The number of hydrogen-bond donors (Lipinski definition) is 0. The zero-order valence-corrected chi connectivity index (χ0v) is 16.5. The first-order valence-electron chi connectivity index (χ1n) is 8.49. The molecule has 2 aromatic heterocycles. The van der Waals surface area contributed by atoms with Gasteiger partial charge in [0.1, 0.15) is 0 Å². The number of pyridine rings is 1. The first-order valence-corrected chi connectivity index (χ1v) is 10.8. The molecule has 0 amide bonds. The van der Waals surface area contributed by atoms with Crippen LogP contribution in [-0.4, -0.2) is 29.4 Å². The Morgan fingerprint density at radius 3 is 2.25 bits per heavy atom. The smallest absolute Gasteiger partial charge is 0.175 e. The van der Waals surface area contributed by atoms with Gasteiger partial charge in [0.15, 0.2) is 9.84 Å². The van der Waals surface area contributed by atoms with E-state index in [1.54, 1.807) is 41.3 Å². The van der Waals surface area contributed by atoms with Crippen molar-refractivity contribution in [3.8, 4) is 28.2 Å². The van der Waals surface area contributed by atoms with Crippen LogP contribution in [0.25, 0.3) is 28.2 Å². The molecule has 7 heteroatoms. The third kappa shape index (κ3) is 3.69. The van der Waals surface area contributed by atoms with Gasteiger partial charge >= 0.3 is 0 Å². The van der Waals surface area contributed by atoms with E-state index in [-0.39, 0.29) is 4.90 Å². The minimum atomic E-state index is -3.26. The second kappa shape index (κ2) is 7.22. The van der Waals surface area contributed by atoms with Crippen LogP contribution in [0.3, 0.4) is 0 Å². The highest BCUT2D eigenvalue weighted by Gasteiger charge is 2.14. The molecule has 0 N–H and O–H groups in total. The number of hydrogen-bond acceptors (Lipinski definition) is 4. The molecule has 0 spiro atoms. The van der Waals surface area contributed by atoms with Crippen LogP contribution in [0, 0.1) is 0 Å². The van der Waals surface area contributed by atoms with E-state index in [0.29, 0.717) is 5.02 Å². The van der Waals surface area contributed by atoms with Gasteiger partial charge in [0, 0.05) is 34.8 Å². The molecule has 0 fully saturated rings. The zero-order chi connectivity index (χ0) is 19.7. The van der Waals surface area contributed by atoms with Crippen molar-refractivity contribution in [1.82, 2.24) is 14.8 Å². The van der Waals surface area contributed by atoms with Crippen molar-refractivity contribution in [2.75, 3.05) is 6.26 Å². The van der Waals surface area contributed by atoms with Crippen molar-refractivity contribution < 1.29 is 8.42 Å². The van der Waals surface area contributed by atoms with Crippen molar-refractivity contribution in [2.24, 2.45) is 0 Å². The Morgan fingerprint density at radius 1 is 0.929 bits per heavy atom. The first-order chi connectivity index (χ1) is 13.4. The highest BCUT2D eigenvalue weighted by atomic mass is 35.5. The molecule has 0 saturated carbocycles. The zero-order valence-electron chi connectivity index (χ0n) is 14.9. The average molecular weight is 410 g/mol. The van der Waals surface area contributed by atoms with Crippen LogP contribution in [0.2, 0.25) is 5.02 Å². The minimum absolute atomic E-state index is 0.268. The largest absolute Gasteiger partial charge is 0.264 e. The van der Waals surface area contributed by atoms with Crippen molar-refractivity contribution in [3.05, 3.63) is 84.1 Å². The quantitative estimate of drug-likeness (QED) is 0.491. The molecule has 0 saturated heterocycles. The van der Waals surface area contributed by atoms with Crippen LogP contribution in [0.4, 0.5) is 0 Å². The predicted molar refractivity (Wildman–Crippen MR) is 110 cm³/mol. The topological polar surface area (TPSA) is 64.8 Å². The second-order valence-corrected chi connectivity index (χ2v) is 8.79. The molecule has 0 unspecified atom stereocenters. The highest BCUT2D eigenvalue weighted by Crippen LogP contribution is 2.29. The maximum Gasteiger partial charge on any atom is 0.175 e. The van der Waals surface area contributed by atoms with Crippen LogP contribution in [0.1, 0.15) is 0 Å². The molecule has 4 aromatic rings. The van der Waals surface area contributed by atoms with E-state index in [2.05, 4.69) is 4.98 Å². The van der Waals surface area contributed by atoms with Gasteiger partial charge in [0.05, 0.1) is 22.0 Å². The minimum Gasteiger partial charge on any atom is -0.264 e. The summed E-state index contributed by atoms with van der Waals surface area (Å²) < 4.78 is 25.3. The van der Waals surface area contributed by atoms with Gasteiger partial charge in [-0.1, -0.05) is 23.7 Å². The van der Waals surface area contributed by atoms with E-state index in [0.717, 1.165) is 28.2 Å². The monoisotopic (exact) mass is 409 g/mol. The van der Waals surface area contributed by atoms with Gasteiger partial charge in [-0.25, -0.2) is 13.1 Å². The predicted octanol–water partition coefficient (Wildman–Crippen LogP) is 4.66. The lowest BCUT2D eigenvalue weighted by molar-refractivity contribution is 0.602. The van der Waals surface area contributed by atoms with E-state index >= 15 is 0 Å². The summed E-state index contributed by atoms with van der Waals surface area (Å²) in [6.45, 7) is 0. The van der Waals surface area contributed by atoms with E-state index in [1.165, 1.54) is 6.26 Å². The summed E-state index contributed by atoms with van der Waals surface area (Å²) in [5.74, 6) is 0. The molecule has 0 radical (unpaired) electrons. The molecule has 0 bridgehead atoms. The SMILES string of the molecule is CS(=O)(=O)c1ccc(-n2nc(-c3ccc(Cl)cc3)cc2-c2cccnc2)cc1. The molecule has 4 rings (SSSR count). The Morgan fingerprint density at radius 2 is 1.64 bits per heavy atom. The van der Waals surface area contributed by atoms with Crippen molar-refractivity contribution in [3.63, 3.8) is 0 Å². The van der Waals surface area contributed by atoms with Gasteiger partial charge in [0.2, 0.25) is 0 Å². The standard InChI is InChI=1S/C21H16ClN3O2S/c1-28(26,27)19-10-8-18(9-11-19)25-21(16-3-2-12-23-14-16)13-20(24-25)15-4-6-17(22)7-5-15/h2-14H,1H3. The summed E-state index contributed by atoms with van der Waals surface area (Å²) in [4.78, 5) is 4.47. The Bertz CT molecular complexity index is 1220. The maximum absolute atomic E-state index is 11.7. The fourth-order valence-electron chi connectivity index (χ4n) is 2.89. The van der Waals surface area contributed by atoms with E-state index in [4.69, 9.17) is 16.7 Å². The molecule has 2 heterocycles. The number of halogens is 1. The number of aromatic nitrogens is 3. The lowest BCUT2D eigenvalue weighted by Gasteiger charge is -2.08. The van der Waals surface area contributed by atoms with Crippen LogP contribution in [0.5, 0.6) is 0 Å². The lowest BCUT2D eigenvalue weighted by Crippen LogP contribution is -2.01. The third-order valence-electron chi connectivity index (χ3n) is 4.32.